The van der Waals surface area contributed by atoms with Crippen molar-refractivity contribution in [2.75, 3.05) is 10.6 Å². The second kappa shape index (κ2) is 10.3. The number of anilines is 2. The Labute approximate surface area is 214 Å². The van der Waals surface area contributed by atoms with Gasteiger partial charge in [0, 0.05) is 10.7 Å². The number of benzene rings is 3. The Kier molecular flexibility index (Phi) is 7.88. The van der Waals surface area contributed by atoms with E-state index < -0.39 is 66.7 Å². The Bertz CT molecular complexity index is 1410. The Morgan fingerprint density at radius 1 is 0.838 bits per heavy atom. The van der Waals surface area contributed by atoms with E-state index in [1.54, 1.807) is 5.32 Å². The zero-order valence-corrected chi connectivity index (χ0v) is 20.0. The van der Waals surface area contributed by atoms with Crippen molar-refractivity contribution in [3.63, 3.8) is 0 Å². The number of nitrogens with one attached hydrogen (secondary N) is 2. The van der Waals surface area contributed by atoms with E-state index in [1.807, 2.05) is 5.32 Å². The number of alkyl halides is 6. The third-order valence-electron chi connectivity index (χ3n) is 4.45. The molecule has 0 bridgehead atoms. The van der Waals surface area contributed by atoms with Gasteiger partial charge in [-0.3, -0.25) is 4.55 Å². The van der Waals surface area contributed by atoms with Crippen molar-refractivity contribution in [1.82, 2.24) is 0 Å². The van der Waals surface area contributed by atoms with E-state index in [0.29, 0.717) is 5.02 Å². The summed E-state index contributed by atoms with van der Waals surface area (Å²) >= 11 is 11.6. The second-order valence-corrected chi connectivity index (χ2v) is 9.36. The highest BCUT2D eigenvalue weighted by Crippen LogP contribution is 2.40. The molecule has 0 aliphatic heterocycles. The summed E-state index contributed by atoms with van der Waals surface area (Å²) in [6.07, 6.45) is -10.4. The first-order valence-electron chi connectivity index (χ1n) is 9.56. The molecule has 0 saturated heterocycles. The van der Waals surface area contributed by atoms with Gasteiger partial charge in [-0.15, -0.1) is 0 Å². The highest BCUT2D eigenvalue weighted by molar-refractivity contribution is 7.86. The highest BCUT2D eigenvalue weighted by Gasteiger charge is 2.37. The van der Waals surface area contributed by atoms with Gasteiger partial charge in [0.1, 0.15) is 16.3 Å². The zero-order chi connectivity index (χ0) is 27.8. The molecule has 0 spiro atoms. The van der Waals surface area contributed by atoms with Gasteiger partial charge >= 0.3 is 18.4 Å². The summed E-state index contributed by atoms with van der Waals surface area (Å²) < 4.78 is 118. The van der Waals surface area contributed by atoms with E-state index >= 15 is 0 Å². The number of amides is 2. The molecule has 0 heterocycles. The van der Waals surface area contributed by atoms with Crippen LogP contribution in [0, 0.1) is 0 Å². The number of carbonyl (C=O) groups is 1. The lowest BCUT2D eigenvalue weighted by Crippen LogP contribution is -2.22. The van der Waals surface area contributed by atoms with Crippen LogP contribution in [0.4, 0.5) is 42.5 Å². The first-order chi connectivity index (χ1) is 16.9. The van der Waals surface area contributed by atoms with Crippen LogP contribution in [0.3, 0.4) is 0 Å². The fourth-order valence-corrected chi connectivity index (χ4v) is 4.23. The fraction of sp³-hybridized carbons (Fsp3) is 0.0952. The summed E-state index contributed by atoms with van der Waals surface area (Å²) in [5.41, 5.74) is -5.09. The van der Waals surface area contributed by atoms with Crippen LogP contribution in [0.5, 0.6) is 11.5 Å². The SMILES string of the molecule is O=C(Nc1cc(C(F)(F)F)cc(C(F)(F)F)c1)Nc1c(Oc2ccc(Cl)cc2)ccc(Cl)c1S(=O)(=O)O. The molecular formula is C21H12Cl2F6N2O5S. The largest absolute Gasteiger partial charge is 0.455 e. The lowest BCUT2D eigenvalue weighted by molar-refractivity contribution is -0.143. The van der Waals surface area contributed by atoms with Crippen molar-refractivity contribution in [3.05, 3.63) is 75.8 Å². The van der Waals surface area contributed by atoms with Crippen LogP contribution in [-0.4, -0.2) is 19.0 Å². The monoisotopic (exact) mass is 588 g/mol. The molecule has 0 atom stereocenters. The van der Waals surface area contributed by atoms with Gasteiger partial charge in [-0.2, -0.15) is 34.8 Å². The van der Waals surface area contributed by atoms with Crippen molar-refractivity contribution in [2.24, 2.45) is 0 Å². The first kappa shape index (κ1) is 28.4. The van der Waals surface area contributed by atoms with Crippen molar-refractivity contribution >= 4 is 50.7 Å². The smallest absolute Gasteiger partial charge is 0.416 e. The molecule has 0 saturated carbocycles. The van der Waals surface area contributed by atoms with Crippen LogP contribution in [0.2, 0.25) is 10.0 Å². The van der Waals surface area contributed by atoms with Crippen LogP contribution in [0.25, 0.3) is 0 Å². The lowest BCUT2D eigenvalue weighted by atomic mass is 10.1. The van der Waals surface area contributed by atoms with Gasteiger partial charge in [0.15, 0.2) is 5.75 Å². The molecule has 16 heteroatoms. The van der Waals surface area contributed by atoms with Crippen LogP contribution < -0.4 is 15.4 Å². The normalized spacial score (nSPS) is 12.2. The Morgan fingerprint density at radius 2 is 1.38 bits per heavy atom. The van der Waals surface area contributed by atoms with Crippen molar-refractivity contribution < 1.29 is 48.8 Å². The summed E-state index contributed by atoms with van der Waals surface area (Å²) in [5.74, 6) is -0.335. The maximum absolute atomic E-state index is 13.1. The second-order valence-electron chi connectivity index (χ2n) is 7.15. The fourth-order valence-electron chi connectivity index (χ4n) is 2.93. The molecule has 0 fully saturated rings. The number of hydrogen-bond acceptors (Lipinski definition) is 4. The summed E-state index contributed by atoms with van der Waals surface area (Å²) in [6, 6.07) is 6.46. The van der Waals surface area contributed by atoms with Crippen LogP contribution >= 0.6 is 23.2 Å². The topological polar surface area (TPSA) is 105 Å². The molecule has 3 N–H and O–H groups in total. The van der Waals surface area contributed by atoms with Crippen LogP contribution in [-0.2, 0) is 22.5 Å². The third kappa shape index (κ3) is 7.19. The third-order valence-corrected chi connectivity index (χ3v) is 6.07. The van der Waals surface area contributed by atoms with E-state index in [9.17, 15) is 44.1 Å². The average Bonchev–Trinajstić information content (AvgIpc) is 2.74. The molecule has 3 aromatic rings. The lowest BCUT2D eigenvalue weighted by Gasteiger charge is -2.18. The highest BCUT2D eigenvalue weighted by atomic mass is 35.5. The molecule has 0 aliphatic carbocycles. The van der Waals surface area contributed by atoms with Gasteiger partial charge in [-0.05, 0) is 54.6 Å². The molecule has 0 radical (unpaired) electrons. The standard InChI is InChI=1S/C21H12Cl2F6N2O5S/c22-12-1-3-14(4-2-12)36-16-6-5-15(23)18(37(33,34)35)17(16)31-19(32)30-13-8-10(20(24,25)26)7-11(9-13)21(27,28)29/h1-9H,(H2,30,31,32)(H,33,34,35). The van der Waals surface area contributed by atoms with Crippen molar-refractivity contribution in [2.45, 2.75) is 17.2 Å². The van der Waals surface area contributed by atoms with Gasteiger partial charge < -0.3 is 15.4 Å². The van der Waals surface area contributed by atoms with Gasteiger partial charge in [0.05, 0.1) is 16.1 Å². The number of hydrogen-bond donors (Lipinski definition) is 3. The summed E-state index contributed by atoms with van der Waals surface area (Å²) in [7, 11) is -5.13. The van der Waals surface area contributed by atoms with Crippen LogP contribution in [0.15, 0.2) is 59.5 Å². The first-order valence-corrected chi connectivity index (χ1v) is 11.8. The van der Waals surface area contributed by atoms with Gasteiger partial charge in [-0.1, -0.05) is 23.2 Å². The van der Waals surface area contributed by atoms with Crippen molar-refractivity contribution in [3.8, 4) is 11.5 Å². The van der Waals surface area contributed by atoms with E-state index in [2.05, 4.69) is 0 Å². The summed E-state index contributed by atoms with van der Waals surface area (Å²) in [4.78, 5) is 11.5. The molecule has 37 heavy (non-hydrogen) atoms. The number of ether oxygens (including phenoxy) is 1. The molecule has 7 nitrogen and oxygen atoms in total. The van der Waals surface area contributed by atoms with Gasteiger partial charge in [-0.25, -0.2) is 4.79 Å². The number of urea groups is 1. The molecule has 0 aromatic heterocycles. The molecule has 198 valence electrons. The predicted octanol–water partition coefficient (Wildman–Crippen LogP) is 7.71. The Morgan fingerprint density at radius 3 is 1.86 bits per heavy atom. The van der Waals surface area contributed by atoms with Gasteiger partial charge in [0.2, 0.25) is 0 Å². The Hall–Kier alpha value is -3.20. The summed E-state index contributed by atoms with van der Waals surface area (Å²) in [5, 5.41) is 3.44. The summed E-state index contributed by atoms with van der Waals surface area (Å²) in [6.45, 7) is 0. The average molecular weight is 589 g/mol. The minimum atomic E-state index is -5.18. The molecule has 0 unspecified atom stereocenters. The Balaban J connectivity index is 2.03. The number of rotatable bonds is 5. The molecule has 0 aliphatic rings. The van der Waals surface area contributed by atoms with E-state index in [0.717, 1.165) is 12.1 Å². The maximum atomic E-state index is 13.1. The minimum absolute atomic E-state index is 0.0733. The zero-order valence-electron chi connectivity index (χ0n) is 17.7. The number of carbonyl (C=O) groups excluding carboxylic acids is 1. The molecule has 2 amide bonds. The molecule has 3 aromatic carbocycles. The minimum Gasteiger partial charge on any atom is -0.455 e. The molecular weight excluding hydrogens is 577 g/mol. The number of halogens is 8. The van der Waals surface area contributed by atoms with E-state index in [4.69, 9.17) is 27.9 Å². The van der Waals surface area contributed by atoms with E-state index in [1.165, 1.54) is 24.3 Å². The molecule has 3 rings (SSSR count). The van der Waals surface area contributed by atoms with Crippen molar-refractivity contribution in [1.29, 1.82) is 0 Å². The van der Waals surface area contributed by atoms with E-state index in [-0.39, 0.29) is 23.9 Å². The predicted molar refractivity (Wildman–Crippen MR) is 122 cm³/mol. The maximum Gasteiger partial charge on any atom is 0.416 e. The quantitative estimate of drug-likeness (QED) is 0.209. The van der Waals surface area contributed by atoms with Gasteiger partial charge in [0.25, 0.3) is 10.1 Å². The van der Waals surface area contributed by atoms with Crippen LogP contribution in [0.1, 0.15) is 11.1 Å².